The van der Waals surface area contributed by atoms with Crippen molar-refractivity contribution in [1.29, 1.82) is 0 Å². The third-order valence-corrected chi connectivity index (χ3v) is 2.59. The molecule has 0 spiro atoms. The predicted molar refractivity (Wildman–Crippen MR) is 63.5 cm³/mol. The molecule has 3 nitrogen and oxygen atoms in total. The molecule has 0 aliphatic heterocycles. The smallest absolute Gasteiger partial charge is 0.153 e. The Labute approximate surface area is 94.7 Å². The Morgan fingerprint density at radius 1 is 1.44 bits per heavy atom. The van der Waals surface area contributed by atoms with E-state index in [-0.39, 0.29) is 0 Å². The Kier molecular flexibility index (Phi) is 2.86. The average molecular weight is 214 g/mol. The molecule has 0 radical (unpaired) electrons. The highest BCUT2D eigenvalue weighted by Gasteiger charge is 2.11. The lowest BCUT2D eigenvalue weighted by Gasteiger charge is -2.06. The van der Waals surface area contributed by atoms with Gasteiger partial charge in [-0.15, -0.1) is 0 Å². The second kappa shape index (κ2) is 4.31. The molecule has 0 saturated carbocycles. The molecule has 1 heterocycles. The largest absolute Gasteiger partial charge is 0.298 e. The van der Waals surface area contributed by atoms with Gasteiger partial charge >= 0.3 is 0 Å². The first-order valence-corrected chi connectivity index (χ1v) is 5.34. The molecule has 0 fully saturated rings. The number of carbonyl (C=O) groups excluding carboxylic acids is 1. The van der Waals surface area contributed by atoms with Crippen LogP contribution >= 0.6 is 0 Å². The number of hydrogen-bond donors (Lipinski definition) is 0. The molecule has 0 saturated heterocycles. The maximum Gasteiger partial charge on any atom is 0.153 e. The van der Waals surface area contributed by atoms with Gasteiger partial charge < -0.3 is 0 Å². The average Bonchev–Trinajstić information content (AvgIpc) is 2.71. The lowest BCUT2D eigenvalue weighted by atomic mass is 10.1. The highest BCUT2D eigenvalue weighted by atomic mass is 16.1. The summed E-state index contributed by atoms with van der Waals surface area (Å²) in [6.07, 6.45) is 2.48. The van der Waals surface area contributed by atoms with E-state index in [1.165, 1.54) is 5.56 Å². The van der Waals surface area contributed by atoms with Crippen LogP contribution in [0.25, 0.3) is 11.3 Å². The van der Waals surface area contributed by atoms with Crippen LogP contribution in [-0.4, -0.2) is 16.1 Å². The van der Waals surface area contributed by atoms with E-state index in [0.29, 0.717) is 5.56 Å². The number of nitrogens with zero attached hydrogens (tertiary/aromatic N) is 2. The highest BCUT2D eigenvalue weighted by Crippen LogP contribution is 2.23. The molecular formula is C13H14N2O. The van der Waals surface area contributed by atoms with Gasteiger partial charge in [-0.05, 0) is 19.9 Å². The fourth-order valence-electron chi connectivity index (χ4n) is 1.83. The van der Waals surface area contributed by atoms with Gasteiger partial charge in [0.25, 0.3) is 0 Å². The molecule has 16 heavy (non-hydrogen) atoms. The molecule has 0 unspecified atom stereocenters. The van der Waals surface area contributed by atoms with Crippen LogP contribution in [0.3, 0.4) is 0 Å². The van der Waals surface area contributed by atoms with Gasteiger partial charge in [0.1, 0.15) is 0 Å². The maximum absolute atomic E-state index is 11.0. The van der Waals surface area contributed by atoms with Gasteiger partial charge in [0, 0.05) is 12.1 Å². The van der Waals surface area contributed by atoms with Crippen molar-refractivity contribution in [2.75, 3.05) is 0 Å². The van der Waals surface area contributed by atoms with E-state index in [4.69, 9.17) is 0 Å². The van der Waals surface area contributed by atoms with Gasteiger partial charge in [-0.1, -0.05) is 23.8 Å². The lowest BCUT2D eigenvalue weighted by molar-refractivity contribution is 0.112. The molecule has 2 aromatic rings. The molecule has 0 atom stereocenters. The van der Waals surface area contributed by atoms with Crippen molar-refractivity contribution >= 4 is 6.29 Å². The summed E-state index contributed by atoms with van der Waals surface area (Å²) < 4.78 is 1.85. The minimum atomic E-state index is 0.646. The van der Waals surface area contributed by atoms with Gasteiger partial charge in [0.15, 0.2) is 6.29 Å². The molecule has 82 valence electrons. The van der Waals surface area contributed by atoms with Crippen LogP contribution in [0.15, 0.2) is 30.5 Å². The Bertz CT molecular complexity index is 514. The molecule has 2 rings (SSSR count). The third-order valence-electron chi connectivity index (χ3n) is 2.59. The Hall–Kier alpha value is -1.90. The van der Waals surface area contributed by atoms with Crippen molar-refractivity contribution in [3.8, 4) is 11.3 Å². The van der Waals surface area contributed by atoms with Gasteiger partial charge in [-0.25, -0.2) is 0 Å². The molecule has 0 aliphatic rings. The summed E-state index contributed by atoms with van der Waals surface area (Å²) in [4.78, 5) is 11.0. The second-order valence-corrected chi connectivity index (χ2v) is 3.75. The normalized spacial score (nSPS) is 10.4. The van der Waals surface area contributed by atoms with E-state index in [0.717, 1.165) is 24.1 Å². The Morgan fingerprint density at radius 2 is 2.25 bits per heavy atom. The first kappa shape index (κ1) is 10.6. The number of benzene rings is 1. The summed E-state index contributed by atoms with van der Waals surface area (Å²) >= 11 is 0. The highest BCUT2D eigenvalue weighted by molar-refractivity contribution is 5.85. The van der Waals surface area contributed by atoms with Crippen LogP contribution in [-0.2, 0) is 6.54 Å². The van der Waals surface area contributed by atoms with E-state index in [2.05, 4.69) is 11.2 Å². The number of hydrogen-bond acceptors (Lipinski definition) is 2. The van der Waals surface area contributed by atoms with Gasteiger partial charge in [-0.2, -0.15) is 5.10 Å². The van der Waals surface area contributed by atoms with Crippen molar-refractivity contribution in [2.24, 2.45) is 0 Å². The zero-order chi connectivity index (χ0) is 11.5. The maximum atomic E-state index is 11.0. The standard InChI is InChI=1S/C13H14N2O/c1-3-15-13(12(9-16)8-14-15)11-6-4-5-10(2)7-11/h4-9H,3H2,1-2H3. The first-order valence-electron chi connectivity index (χ1n) is 5.34. The third kappa shape index (κ3) is 1.76. The van der Waals surface area contributed by atoms with E-state index < -0.39 is 0 Å². The summed E-state index contributed by atoms with van der Waals surface area (Å²) in [5.74, 6) is 0. The number of aromatic nitrogens is 2. The van der Waals surface area contributed by atoms with Gasteiger partial charge in [-0.3, -0.25) is 9.48 Å². The zero-order valence-electron chi connectivity index (χ0n) is 9.47. The van der Waals surface area contributed by atoms with Crippen LogP contribution in [0.5, 0.6) is 0 Å². The molecule has 0 aliphatic carbocycles. The first-order chi connectivity index (χ1) is 7.76. The monoisotopic (exact) mass is 214 g/mol. The second-order valence-electron chi connectivity index (χ2n) is 3.75. The Morgan fingerprint density at radius 3 is 2.88 bits per heavy atom. The van der Waals surface area contributed by atoms with Crippen LogP contribution in [0, 0.1) is 6.92 Å². The van der Waals surface area contributed by atoms with Crippen molar-refractivity contribution in [2.45, 2.75) is 20.4 Å². The predicted octanol–water partition coefficient (Wildman–Crippen LogP) is 2.69. The zero-order valence-corrected chi connectivity index (χ0v) is 9.47. The summed E-state index contributed by atoms with van der Waals surface area (Å²) in [5.41, 5.74) is 3.77. The van der Waals surface area contributed by atoms with Crippen molar-refractivity contribution < 1.29 is 4.79 Å². The molecule has 1 aromatic carbocycles. The molecule has 0 bridgehead atoms. The fourth-order valence-corrected chi connectivity index (χ4v) is 1.83. The van der Waals surface area contributed by atoms with Gasteiger partial charge in [0.2, 0.25) is 0 Å². The molecule has 1 aromatic heterocycles. The molecule has 0 N–H and O–H groups in total. The fraction of sp³-hybridized carbons (Fsp3) is 0.231. The SMILES string of the molecule is CCn1ncc(C=O)c1-c1cccc(C)c1. The van der Waals surface area contributed by atoms with E-state index >= 15 is 0 Å². The van der Waals surface area contributed by atoms with Crippen LogP contribution in [0.2, 0.25) is 0 Å². The number of aldehydes is 1. The van der Waals surface area contributed by atoms with Crippen molar-refractivity contribution in [3.05, 3.63) is 41.6 Å². The van der Waals surface area contributed by atoms with E-state index in [1.807, 2.05) is 36.7 Å². The number of rotatable bonds is 3. The van der Waals surface area contributed by atoms with Crippen molar-refractivity contribution in [1.82, 2.24) is 9.78 Å². The summed E-state index contributed by atoms with van der Waals surface area (Å²) in [7, 11) is 0. The van der Waals surface area contributed by atoms with E-state index in [9.17, 15) is 4.79 Å². The number of carbonyl (C=O) groups is 1. The topological polar surface area (TPSA) is 34.9 Å². The minimum Gasteiger partial charge on any atom is -0.298 e. The summed E-state index contributed by atoms with van der Waals surface area (Å²) in [6, 6.07) is 8.10. The van der Waals surface area contributed by atoms with E-state index in [1.54, 1.807) is 6.20 Å². The summed E-state index contributed by atoms with van der Waals surface area (Å²) in [5, 5.41) is 4.20. The number of aryl methyl sites for hydroxylation is 2. The van der Waals surface area contributed by atoms with Crippen molar-refractivity contribution in [3.63, 3.8) is 0 Å². The Balaban J connectivity index is 2.61. The van der Waals surface area contributed by atoms with Crippen LogP contribution < -0.4 is 0 Å². The minimum absolute atomic E-state index is 0.646. The lowest BCUT2D eigenvalue weighted by Crippen LogP contribution is -2.00. The van der Waals surface area contributed by atoms with Crippen LogP contribution in [0.1, 0.15) is 22.8 Å². The van der Waals surface area contributed by atoms with Gasteiger partial charge in [0.05, 0.1) is 17.5 Å². The summed E-state index contributed by atoms with van der Waals surface area (Å²) in [6.45, 7) is 4.81. The van der Waals surface area contributed by atoms with Crippen LogP contribution in [0.4, 0.5) is 0 Å². The molecule has 3 heteroatoms. The molecule has 0 amide bonds. The quantitative estimate of drug-likeness (QED) is 0.736. The molecular weight excluding hydrogens is 200 g/mol.